The fraction of sp³-hybridized carbons (Fsp3) is 0.600. The van der Waals surface area contributed by atoms with Crippen LogP contribution in [0.4, 0.5) is 17.6 Å². The number of hydrogen-bond acceptors (Lipinski definition) is 3. The lowest BCUT2D eigenvalue weighted by Gasteiger charge is -2.24. The van der Waals surface area contributed by atoms with Gasteiger partial charge in [-0.05, 0) is 6.92 Å². The minimum absolute atomic E-state index is 0.0742. The highest BCUT2D eigenvalue weighted by Crippen LogP contribution is 2.43. The molecule has 0 heterocycles. The van der Waals surface area contributed by atoms with E-state index in [1.807, 2.05) is 0 Å². The molecule has 0 amide bonds. The summed E-state index contributed by atoms with van der Waals surface area (Å²) in [5, 5.41) is 0. The second-order valence-electron chi connectivity index (χ2n) is 2.10. The van der Waals surface area contributed by atoms with Crippen molar-refractivity contribution in [3.8, 4) is 0 Å². The molecule has 0 spiro atoms. The van der Waals surface area contributed by atoms with E-state index < -0.39 is 26.2 Å². The SMILES string of the molecule is CC(OP(=O)([O-])C=CF)C(F)(F)F. The standard InChI is InChI=1S/C5H7F4O3P/c1-4(5(7,8)9)12-13(10,11)3-2-6/h2-4H,1H3,(H,10,11)/p-1. The van der Waals surface area contributed by atoms with Crippen LogP contribution in [0.3, 0.4) is 0 Å². The predicted octanol–water partition coefficient (Wildman–Crippen LogP) is 1.95. The van der Waals surface area contributed by atoms with Gasteiger partial charge in [-0.3, -0.25) is 0 Å². The minimum atomic E-state index is -4.87. The smallest absolute Gasteiger partial charge is 0.414 e. The Balaban J connectivity index is 4.37. The van der Waals surface area contributed by atoms with Crippen molar-refractivity contribution in [3.63, 3.8) is 0 Å². The van der Waals surface area contributed by atoms with Crippen molar-refractivity contribution in [2.45, 2.75) is 19.2 Å². The van der Waals surface area contributed by atoms with E-state index in [1.54, 1.807) is 0 Å². The molecule has 0 bridgehead atoms. The van der Waals surface area contributed by atoms with Gasteiger partial charge in [-0.1, -0.05) is 0 Å². The summed E-state index contributed by atoms with van der Waals surface area (Å²) in [7, 11) is -4.87. The monoisotopic (exact) mass is 221 g/mol. The van der Waals surface area contributed by atoms with Gasteiger partial charge < -0.3 is 14.0 Å². The number of hydrogen-bond donors (Lipinski definition) is 0. The molecule has 0 aliphatic heterocycles. The number of alkyl halides is 3. The van der Waals surface area contributed by atoms with E-state index in [-0.39, 0.29) is 5.82 Å². The fourth-order valence-corrected chi connectivity index (χ4v) is 1.15. The van der Waals surface area contributed by atoms with E-state index in [4.69, 9.17) is 0 Å². The summed E-state index contributed by atoms with van der Waals surface area (Å²) < 4.78 is 60.5. The minimum Gasteiger partial charge on any atom is -0.775 e. The summed E-state index contributed by atoms with van der Waals surface area (Å²) in [4.78, 5) is 10.5. The molecule has 13 heavy (non-hydrogen) atoms. The first-order chi connectivity index (χ1) is 5.69. The molecule has 0 aliphatic carbocycles. The van der Waals surface area contributed by atoms with Gasteiger partial charge in [0, 0.05) is 5.82 Å². The highest BCUT2D eigenvalue weighted by Gasteiger charge is 2.38. The Bertz CT molecular complexity index is 236. The quantitative estimate of drug-likeness (QED) is 0.540. The lowest BCUT2D eigenvalue weighted by atomic mass is 10.4. The van der Waals surface area contributed by atoms with Crippen LogP contribution in [-0.2, 0) is 9.09 Å². The molecule has 3 nitrogen and oxygen atoms in total. The molecular weight excluding hydrogens is 215 g/mol. The molecule has 0 aromatic rings. The van der Waals surface area contributed by atoms with Crippen molar-refractivity contribution in [2.75, 3.05) is 0 Å². The van der Waals surface area contributed by atoms with Crippen LogP contribution >= 0.6 is 7.60 Å². The largest absolute Gasteiger partial charge is 0.775 e. The first kappa shape index (κ1) is 12.6. The Morgan fingerprint density at radius 3 is 2.31 bits per heavy atom. The Labute approximate surface area is 71.5 Å². The van der Waals surface area contributed by atoms with E-state index >= 15 is 0 Å². The summed E-state index contributed by atoms with van der Waals surface area (Å²) in [6.07, 6.45) is -7.67. The summed E-state index contributed by atoms with van der Waals surface area (Å²) in [6.45, 7) is 0.511. The highest BCUT2D eigenvalue weighted by atomic mass is 31.2. The van der Waals surface area contributed by atoms with Crippen LogP contribution in [0.2, 0.25) is 0 Å². The van der Waals surface area contributed by atoms with E-state index in [2.05, 4.69) is 4.52 Å². The van der Waals surface area contributed by atoms with Crippen molar-refractivity contribution >= 4 is 7.60 Å². The first-order valence-corrected chi connectivity index (χ1v) is 4.64. The Kier molecular flexibility index (Phi) is 4.09. The van der Waals surface area contributed by atoms with Crippen LogP contribution in [0.1, 0.15) is 6.92 Å². The van der Waals surface area contributed by atoms with Gasteiger partial charge in [0.2, 0.25) is 0 Å². The first-order valence-electron chi connectivity index (χ1n) is 3.03. The predicted molar refractivity (Wildman–Crippen MR) is 34.5 cm³/mol. The topological polar surface area (TPSA) is 49.4 Å². The molecule has 8 heteroatoms. The second-order valence-corrected chi connectivity index (χ2v) is 3.69. The van der Waals surface area contributed by atoms with E-state index in [0.29, 0.717) is 6.92 Å². The molecule has 2 atom stereocenters. The second kappa shape index (κ2) is 4.21. The van der Waals surface area contributed by atoms with Gasteiger partial charge in [-0.25, -0.2) is 4.39 Å². The highest BCUT2D eigenvalue weighted by molar-refractivity contribution is 7.54. The number of rotatable bonds is 3. The Hall–Kier alpha value is -0.390. The van der Waals surface area contributed by atoms with Crippen LogP contribution in [0.5, 0.6) is 0 Å². The summed E-state index contributed by atoms with van der Waals surface area (Å²) in [6, 6.07) is 0. The molecule has 0 N–H and O–H groups in total. The number of halogens is 4. The third-order valence-corrected chi connectivity index (χ3v) is 2.09. The van der Waals surface area contributed by atoms with Crippen molar-refractivity contribution in [1.29, 1.82) is 0 Å². The molecule has 0 aromatic heterocycles. The molecule has 0 saturated heterocycles. The Morgan fingerprint density at radius 2 is 2.00 bits per heavy atom. The van der Waals surface area contributed by atoms with Gasteiger partial charge in [0.05, 0.1) is 6.33 Å². The van der Waals surface area contributed by atoms with Gasteiger partial charge in [0.15, 0.2) is 13.7 Å². The summed E-state index contributed by atoms with van der Waals surface area (Å²) in [5.41, 5.74) is 0. The molecule has 0 aliphatic rings. The maximum absolute atomic E-state index is 11.7. The van der Waals surface area contributed by atoms with Gasteiger partial charge in [-0.2, -0.15) is 13.2 Å². The summed E-state index contributed by atoms with van der Waals surface area (Å²) >= 11 is 0. The van der Waals surface area contributed by atoms with Crippen molar-refractivity contribution in [1.82, 2.24) is 0 Å². The molecule has 0 fully saturated rings. The molecular formula is C5H6F4O3P-. The van der Waals surface area contributed by atoms with Crippen LogP contribution in [0, 0.1) is 0 Å². The normalized spacial score (nSPS) is 20.2. The molecule has 2 unspecified atom stereocenters. The zero-order valence-electron chi connectivity index (χ0n) is 6.42. The lowest BCUT2D eigenvalue weighted by Crippen LogP contribution is -2.28. The third-order valence-electron chi connectivity index (χ3n) is 1.00. The average Bonchev–Trinajstić information content (AvgIpc) is 1.83. The van der Waals surface area contributed by atoms with Crippen molar-refractivity contribution in [3.05, 3.63) is 12.1 Å². The average molecular weight is 221 g/mol. The molecule has 0 aromatic carbocycles. The van der Waals surface area contributed by atoms with Crippen molar-refractivity contribution < 1.29 is 31.5 Å². The van der Waals surface area contributed by atoms with Crippen LogP contribution < -0.4 is 4.89 Å². The molecule has 0 saturated carbocycles. The fourth-order valence-electron chi connectivity index (χ4n) is 0.384. The zero-order chi connectivity index (χ0) is 10.7. The zero-order valence-corrected chi connectivity index (χ0v) is 7.31. The maximum Gasteiger partial charge on any atom is 0.414 e. The maximum atomic E-state index is 11.7. The van der Waals surface area contributed by atoms with Crippen LogP contribution in [-0.4, -0.2) is 12.3 Å². The van der Waals surface area contributed by atoms with Gasteiger partial charge in [0.25, 0.3) is 0 Å². The van der Waals surface area contributed by atoms with E-state index in [0.717, 1.165) is 0 Å². The van der Waals surface area contributed by atoms with E-state index in [1.165, 1.54) is 0 Å². The summed E-state index contributed by atoms with van der Waals surface area (Å²) in [5.74, 6) is -0.0742. The van der Waals surface area contributed by atoms with Gasteiger partial charge in [0.1, 0.15) is 0 Å². The molecule has 78 valence electrons. The Morgan fingerprint density at radius 1 is 1.54 bits per heavy atom. The third kappa shape index (κ3) is 5.02. The molecule has 0 rings (SSSR count). The van der Waals surface area contributed by atoms with Crippen LogP contribution in [0.25, 0.3) is 0 Å². The van der Waals surface area contributed by atoms with Gasteiger partial charge in [-0.15, -0.1) is 0 Å². The van der Waals surface area contributed by atoms with Crippen LogP contribution in [0.15, 0.2) is 12.1 Å². The van der Waals surface area contributed by atoms with E-state index in [9.17, 15) is 27.0 Å². The van der Waals surface area contributed by atoms with Gasteiger partial charge >= 0.3 is 6.18 Å². The van der Waals surface area contributed by atoms with Crippen molar-refractivity contribution in [2.24, 2.45) is 0 Å². The lowest BCUT2D eigenvalue weighted by molar-refractivity contribution is -0.232. The molecule has 0 radical (unpaired) electrons.